The number of hydrogen-bond donors (Lipinski definition) is 1. The average Bonchev–Trinajstić information content (AvgIpc) is 0.918. The van der Waals surface area contributed by atoms with Crippen LogP contribution in [0.1, 0.15) is 0 Å². The molecule has 5 heavy (non-hydrogen) atoms. The first-order chi connectivity index (χ1) is 1.41. The van der Waals surface area contributed by atoms with Crippen molar-refractivity contribution >= 4 is 6.47 Å². The second kappa shape index (κ2) is 813. The molecule has 0 spiro atoms. The standard InChI is InChI=1S/CHO2.Re.Rf/c2-1-3;;/h(H,2,3);;/q-1;;. The Morgan fingerprint density at radius 3 is 1.60 bits per heavy atom. The summed E-state index contributed by atoms with van der Waals surface area (Å²) >= 11 is 0. The van der Waals surface area contributed by atoms with Gasteiger partial charge < -0.3 is 9.90 Å². The Morgan fingerprint density at radius 1 is 1.60 bits per heavy atom. The van der Waals surface area contributed by atoms with Crippen LogP contribution < -0.4 is 0 Å². The van der Waals surface area contributed by atoms with E-state index in [0.717, 1.165) is 0 Å². The Bertz CT molecular complexity index is 17.1. The molecule has 2 nitrogen and oxygen atoms in total. The SMILES string of the molecule is O=[C-]O.[Re].[Rf]. The fourth-order valence-corrected chi connectivity index (χ4v) is 0. The number of aliphatic hydroxyl groups excluding tert-OH is 1. The van der Waals surface area contributed by atoms with Crippen molar-refractivity contribution in [2.24, 2.45) is 0 Å². The van der Waals surface area contributed by atoms with Crippen LogP contribution in [0, 0.1) is 0 Å². The first-order valence-electron chi connectivity index (χ1n) is 0.428. The summed E-state index contributed by atoms with van der Waals surface area (Å²) in [6.45, 7) is 0.500. The maximum Gasteiger partial charge on any atom is 0 e. The zero-order valence-electron chi connectivity index (χ0n) is 2.44. The minimum absolute atomic E-state index is 0. The molecule has 0 aliphatic heterocycles. The summed E-state index contributed by atoms with van der Waals surface area (Å²) in [7, 11) is 0. The summed E-state index contributed by atoms with van der Waals surface area (Å²) in [6.07, 6.45) is 0. The Hall–Kier alpha value is -0.868. The average molecular weight is 498 g/mol. The summed E-state index contributed by atoms with van der Waals surface area (Å²) < 4.78 is 0. The van der Waals surface area contributed by atoms with Crippen LogP contribution in [0.15, 0.2) is 0 Å². The minimum atomic E-state index is 0. The minimum Gasteiger partial charge on any atom is -0.665 e. The molecule has 0 aromatic rings. The molecule has 1 N–H and O–H groups in total. The molecule has 4 heteroatoms. The molecule has 0 bridgehead atoms. The molecule has 0 aliphatic carbocycles. The van der Waals surface area contributed by atoms with Crippen molar-refractivity contribution in [1.82, 2.24) is 0 Å². The van der Waals surface area contributed by atoms with Gasteiger partial charge in [-0.25, -0.2) is 0 Å². The van der Waals surface area contributed by atoms with Crippen LogP contribution in [0.3, 0.4) is 0 Å². The predicted octanol–water partition coefficient (Wildman–Crippen LogP) is -0.391. The van der Waals surface area contributed by atoms with Crippen molar-refractivity contribution in [3.8, 4) is 0 Å². The van der Waals surface area contributed by atoms with Crippen molar-refractivity contribution in [3.05, 3.63) is 0 Å². The van der Waals surface area contributed by atoms with Crippen molar-refractivity contribution in [1.29, 1.82) is 0 Å². The van der Waals surface area contributed by atoms with E-state index < -0.39 is 0 Å². The van der Waals surface area contributed by atoms with E-state index in [4.69, 9.17) is 9.90 Å². The Balaban J connectivity index is -0.0000000200. The quantitative estimate of drug-likeness (QED) is 0.463. The van der Waals surface area contributed by atoms with Crippen molar-refractivity contribution in [2.75, 3.05) is 0 Å². The third kappa shape index (κ3) is 5.33. The predicted molar refractivity (Wildman–Crippen MR) is 8.32 cm³/mol. The third-order valence-electron chi connectivity index (χ3n) is 0. The van der Waals surface area contributed by atoms with Gasteiger partial charge in [0.15, 0.2) is 0 Å². The van der Waals surface area contributed by atoms with Gasteiger partial charge in [-0.05, 0) is 0 Å². The van der Waals surface area contributed by atoms with Crippen molar-refractivity contribution in [3.63, 3.8) is 0 Å². The molecule has 0 atom stereocenters. The smallest absolute Gasteiger partial charge is 0 e. The summed E-state index contributed by atoms with van der Waals surface area (Å²) in [5, 5.41) is 6.76. The second-order valence-electron chi connectivity index (χ2n) is 0.0913. The van der Waals surface area contributed by atoms with Gasteiger partial charge in [0.25, 0.3) is 0 Å². The van der Waals surface area contributed by atoms with E-state index in [1.165, 1.54) is 0 Å². The maximum atomic E-state index is 8.24. The van der Waals surface area contributed by atoms with Crippen LogP contribution in [0.25, 0.3) is 0 Å². The zero-order chi connectivity index (χ0) is 2.71. The maximum absolute atomic E-state index is 8.24. The van der Waals surface area contributed by atoms with Crippen LogP contribution in [-0.2, 0) is 25.2 Å². The molecule has 0 fully saturated rings. The van der Waals surface area contributed by atoms with Gasteiger partial charge in [0.05, 0.1) is 0 Å². The van der Waals surface area contributed by atoms with Crippen LogP contribution in [0.4, 0.5) is 0 Å². The van der Waals surface area contributed by atoms with Gasteiger partial charge in [0.2, 0.25) is 0 Å². The van der Waals surface area contributed by atoms with E-state index in [2.05, 4.69) is 0 Å². The Labute approximate surface area is 37.5 Å². The van der Waals surface area contributed by atoms with Gasteiger partial charge in [-0.1, -0.05) is 6.47 Å². The molecule has 0 aliphatic rings. The Kier molecular flexibility index (Phi) is 5140. The molecule has 27 valence electrons. The molecule has 0 saturated heterocycles. The first-order valence-corrected chi connectivity index (χ1v) is 0.428. The zero-order valence-corrected chi connectivity index (χ0v) is 11.6. The molecular weight excluding hydrogens is 497 g/mol. The third-order valence-corrected chi connectivity index (χ3v) is 0. The van der Waals surface area contributed by atoms with Crippen molar-refractivity contribution in [2.45, 2.75) is 0 Å². The molecule has 0 saturated carbocycles. The van der Waals surface area contributed by atoms with Gasteiger partial charge in [0.1, 0.15) is 0 Å². The molecule has 0 amide bonds. The van der Waals surface area contributed by atoms with Gasteiger partial charge >= 0.3 is 0 Å². The van der Waals surface area contributed by atoms with E-state index in [1.807, 2.05) is 0 Å². The van der Waals surface area contributed by atoms with Crippen LogP contribution >= 0.6 is 0 Å². The van der Waals surface area contributed by atoms with Crippen LogP contribution in [0.2, 0.25) is 0 Å². The topological polar surface area (TPSA) is 37.3 Å². The summed E-state index contributed by atoms with van der Waals surface area (Å²) in [6, 6.07) is 0. The fourth-order valence-electron chi connectivity index (χ4n) is 0. The van der Waals surface area contributed by atoms with Crippen LogP contribution in [0.5, 0.6) is 0 Å². The number of rotatable bonds is 0. The Morgan fingerprint density at radius 2 is 1.60 bits per heavy atom. The van der Waals surface area contributed by atoms with E-state index in [1.54, 1.807) is 0 Å². The van der Waals surface area contributed by atoms with Crippen LogP contribution in [-0.4, -0.2) is 11.6 Å². The second-order valence-corrected chi connectivity index (χ2v) is 0.0913. The first kappa shape index (κ1) is 31.6. The van der Waals surface area contributed by atoms with Gasteiger partial charge in [-0.15, -0.1) is 0 Å². The molecule has 0 aromatic carbocycles. The van der Waals surface area contributed by atoms with E-state index >= 15 is 0 Å². The summed E-state index contributed by atoms with van der Waals surface area (Å²) in [5.74, 6) is 0. The van der Waals surface area contributed by atoms with Gasteiger partial charge in [0, 0.05) is 20.4 Å². The van der Waals surface area contributed by atoms with Crippen molar-refractivity contribution < 1.29 is 30.3 Å². The summed E-state index contributed by atoms with van der Waals surface area (Å²) in [5.41, 5.74) is 0. The van der Waals surface area contributed by atoms with E-state index in [9.17, 15) is 0 Å². The monoisotopic (exact) mass is 499 g/mol. The summed E-state index contributed by atoms with van der Waals surface area (Å²) in [4.78, 5) is 8.24. The van der Waals surface area contributed by atoms with Gasteiger partial charge in [-0.2, -0.15) is 0 Å². The molecule has 0 rings (SSSR count). The molecule has 0 heterocycles. The fraction of sp³-hybridized carbons (Fsp3) is 0. The molecular formula is CHO2ReRf-. The molecule has 0 aromatic heterocycles. The molecule has 1 radical (unpaired) electrons. The number of hydrogen-bond acceptors (Lipinski definition) is 1. The van der Waals surface area contributed by atoms with E-state index in [-0.39, 0.29) is 20.4 Å². The normalized spacial score (nSPS) is 2.40. The van der Waals surface area contributed by atoms with E-state index in [0.29, 0.717) is 6.47 Å². The largest absolute Gasteiger partial charge is 0.665 e. The van der Waals surface area contributed by atoms with Gasteiger partial charge in [-0.3, -0.25) is 0 Å². The molecule has 0 unspecified atom stereocenters.